The molecule has 3 aromatic rings. The number of nitrogens with two attached hydrogens (primary N) is 1. The molecular formula is C24H28N2O. The van der Waals surface area contributed by atoms with Gasteiger partial charge in [0.2, 0.25) is 0 Å². The number of anilines is 1. The fourth-order valence-corrected chi connectivity index (χ4v) is 3.30. The first-order chi connectivity index (χ1) is 13.0. The van der Waals surface area contributed by atoms with Crippen LogP contribution in [0.15, 0.2) is 66.7 Å². The van der Waals surface area contributed by atoms with E-state index in [1.165, 1.54) is 22.3 Å². The van der Waals surface area contributed by atoms with E-state index in [1.807, 2.05) is 30.3 Å². The van der Waals surface area contributed by atoms with Crippen molar-refractivity contribution in [2.75, 3.05) is 12.8 Å². The number of hydrogen-bond donors (Lipinski definition) is 2. The van der Waals surface area contributed by atoms with Crippen LogP contribution in [0.2, 0.25) is 0 Å². The van der Waals surface area contributed by atoms with Gasteiger partial charge in [-0.1, -0.05) is 42.5 Å². The summed E-state index contributed by atoms with van der Waals surface area (Å²) in [4.78, 5) is 0. The first kappa shape index (κ1) is 19.0. The van der Waals surface area contributed by atoms with E-state index in [9.17, 15) is 0 Å². The number of aryl methyl sites for hydroxylation is 2. The summed E-state index contributed by atoms with van der Waals surface area (Å²) in [6.45, 7) is 6.50. The molecule has 0 aromatic heterocycles. The van der Waals surface area contributed by atoms with Crippen molar-refractivity contribution in [3.63, 3.8) is 0 Å². The normalized spacial score (nSPS) is 13.2. The molecule has 3 nitrogen and oxygen atoms in total. The maximum Gasteiger partial charge on any atom is 0.118 e. The van der Waals surface area contributed by atoms with Crippen molar-refractivity contribution in [1.82, 2.24) is 5.32 Å². The van der Waals surface area contributed by atoms with E-state index >= 15 is 0 Å². The minimum absolute atomic E-state index is 0.0380. The zero-order valence-corrected chi connectivity index (χ0v) is 16.5. The van der Waals surface area contributed by atoms with Crippen LogP contribution in [0.1, 0.15) is 46.8 Å². The molecule has 2 unspecified atom stereocenters. The average Bonchev–Trinajstić information content (AvgIpc) is 2.68. The minimum Gasteiger partial charge on any atom is -0.497 e. The van der Waals surface area contributed by atoms with E-state index in [4.69, 9.17) is 10.5 Å². The van der Waals surface area contributed by atoms with Gasteiger partial charge in [0.1, 0.15) is 5.75 Å². The molecule has 0 bridgehead atoms. The zero-order chi connectivity index (χ0) is 19.4. The molecule has 3 rings (SSSR count). The lowest BCUT2D eigenvalue weighted by molar-refractivity contribution is 0.414. The highest BCUT2D eigenvalue weighted by molar-refractivity contribution is 5.45. The third kappa shape index (κ3) is 4.50. The molecule has 0 aliphatic carbocycles. The van der Waals surface area contributed by atoms with Crippen molar-refractivity contribution in [3.8, 4) is 5.75 Å². The van der Waals surface area contributed by atoms with Crippen LogP contribution in [-0.4, -0.2) is 7.11 Å². The predicted octanol–water partition coefficient (Wildman–Crippen LogP) is 5.33. The number of benzene rings is 3. The van der Waals surface area contributed by atoms with Crippen LogP contribution in [0.3, 0.4) is 0 Å². The van der Waals surface area contributed by atoms with Gasteiger partial charge in [-0.25, -0.2) is 0 Å². The van der Waals surface area contributed by atoms with E-state index < -0.39 is 0 Å². The summed E-state index contributed by atoms with van der Waals surface area (Å²) in [5, 5.41) is 3.78. The van der Waals surface area contributed by atoms with Gasteiger partial charge in [-0.2, -0.15) is 0 Å². The van der Waals surface area contributed by atoms with Crippen molar-refractivity contribution >= 4 is 5.69 Å². The van der Waals surface area contributed by atoms with Crippen LogP contribution in [0.25, 0.3) is 0 Å². The second-order valence-corrected chi connectivity index (χ2v) is 7.11. The Morgan fingerprint density at radius 1 is 0.815 bits per heavy atom. The lowest BCUT2D eigenvalue weighted by Gasteiger charge is -2.25. The minimum atomic E-state index is 0.0380. The van der Waals surface area contributed by atoms with Crippen molar-refractivity contribution in [1.29, 1.82) is 0 Å². The molecule has 0 saturated carbocycles. The van der Waals surface area contributed by atoms with Crippen molar-refractivity contribution in [2.24, 2.45) is 0 Å². The molecule has 0 heterocycles. The van der Waals surface area contributed by atoms with Crippen LogP contribution < -0.4 is 15.8 Å². The van der Waals surface area contributed by atoms with Crippen LogP contribution in [0.5, 0.6) is 5.75 Å². The summed E-state index contributed by atoms with van der Waals surface area (Å²) < 4.78 is 5.31. The Morgan fingerprint density at radius 3 is 2.15 bits per heavy atom. The van der Waals surface area contributed by atoms with Crippen LogP contribution in [0, 0.1) is 13.8 Å². The number of nitrogens with one attached hydrogen (secondary N) is 1. The van der Waals surface area contributed by atoms with Crippen molar-refractivity contribution in [2.45, 2.75) is 32.9 Å². The molecule has 3 N–H and O–H groups in total. The molecule has 0 fully saturated rings. The summed E-state index contributed by atoms with van der Waals surface area (Å²) in [5.74, 6) is 0.854. The first-order valence-corrected chi connectivity index (χ1v) is 9.30. The number of nitrogen functional groups attached to an aromatic ring is 1. The maximum atomic E-state index is 6.05. The highest BCUT2D eigenvalue weighted by Gasteiger charge is 2.18. The molecule has 0 aliphatic rings. The van der Waals surface area contributed by atoms with Gasteiger partial charge in [0, 0.05) is 11.7 Å². The van der Waals surface area contributed by atoms with Gasteiger partial charge < -0.3 is 10.5 Å². The number of hydrogen-bond acceptors (Lipinski definition) is 3. The highest BCUT2D eigenvalue weighted by atomic mass is 16.5. The molecule has 140 valence electrons. The fraction of sp³-hybridized carbons (Fsp3) is 0.250. The standard InChI is InChI=1S/C24H28N2O/c1-16-8-9-20(14-17(16)2)18(3)26-24(21-6-5-7-22(25)15-21)19-10-12-23(27-4)13-11-19/h5-15,18,24,26H,25H2,1-4H3. The molecule has 2 atom stereocenters. The molecular weight excluding hydrogens is 332 g/mol. The second-order valence-electron chi connectivity index (χ2n) is 7.11. The Hall–Kier alpha value is -2.78. The summed E-state index contributed by atoms with van der Waals surface area (Å²) in [6, 6.07) is 23.2. The quantitative estimate of drug-likeness (QED) is 0.584. The summed E-state index contributed by atoms with van der Waals surface area (Å²) in [7, 11) is 1.68. The van der Waals surface area contributed by atoms with Crippen molar-refractivity contribution in [3.05, 3.63) is 94.5 Å². The first-order valence-electron chi connectivity index (χ1n) is 9.30. The summed E-state index contributed by atoms with van der Waals surface area (Å²) >= 11 is 0. The van der Waals surface area contributed by atoms with Crippen molar-refractivity contribution < 1.29 is 4.74 Å². The highest BCUT2D eigenvalue weighted by Crippen LogP contribution is 2.29. The smallest absolute Gasteiger partial charge is 0.118 e. The monoisotopic (exact) mass is 360 g/mol. The van der Waals surface area contributed by atoms with E-state index in [2.05, 4.69) is 62.5 Å². The number of methoxy groups -OCH3 is 1. The Morgan fingerprint density at radius 2 is 1.52 bits per heavy atom. The lowest BCUT2D eigenvalue weighted by atomic mass is 9.95. The third-order valence-corrected chi connectivity index (χ3v) is 5.14. The molecule has 3 aromatic carbocycles. The third-order valence-electron chi connectivity index (χ3n) is 5.14. The van der Waals surface area contributed by atoms with Gasteiger partial charge in [0.05, 0.1) is 13.2 Å². The van der Waals surface area contributed by atoms with Gasteiger partial charge in [-0.3, -0.25) is 5.32 Å². The van der Waals surface area contributed by atoms with E-state index in [1.54, 1.807) is 7.11 Å². The second kappa shape index (κ2) is 8.28. The van der Waals surface area contributed by atoms with E-state index in [0.717, 1.165) is 17.0 Å². The summed E-state index contributed by atoms with van der Waals surface area (Å²) in [6.07, 6.45) is 0. The predicted molar refractivity (Wildman–Crippen MR) is 113 cm³/mol. The van der Waals surface area contributed by atoms with Gasteiger partial charge in [-0.15, -0.1) is 0 Å². The van der Waals surface area contributed by atoms with E-state index in [0.29, 0.717) is 0 Å². The number of rotatable bonds is 6. The van der Waals surface area contributed by atoms with Crippen LogP contribution >= 0.6 is 0 Å². The molecule has 0 spiro atoms. The molecule has 0 aliphatic heterocycles. The Bertz CT molecular complexity index is 903. The lowest BCUT2D eigenvalue weighted by Crippen LogP contribution is -2.26. The zero-order valence-electron chi connectivity index (χ0n) is 16.5. The number of ether oxygens (including phenoxy) is 1. The van der Waals surface area contributed by atoms with E-state index in [-0.39, 0.29) is 12.1 Å². The largest absolute Gasteiger partial charge is 0.497 e. The maximum absolute atomic E-state index is 6.05. The van der Waals surface area contributed by atoms with Crippen LogP contribution in [-0.2, 0) is 0 Å². The molecule has 27 heavy (non-hydrogen) atoms. The Labute approximate surface area is 162 Å². The molecule has 0 saturated heterocycles. The fourth-order valence-electron chi connectivity index (χ4n) is 3.30. The summed E-state index contributed by atoms with van der Waals surface area (Å²) in [5.41, 5.74) is 13.1. The molecule has 3 heteroatoms. The SMILES string of the molecule is COc1ccc(C(NC(C)c2ccc(C)c(C)c2)c2cccc(N)c2)cc1. The molecule has 0 amide bonds. The Balaban J connectivity index is 1.94. The molecule has 0 radical (unpaired) electrons. The van der Waals surface area contributed by atoms with Gasteiger partial charge in [0.15, 0.2) is 0 Å². The topological polar surface area (TPSA) is 47.3 Å². The van der Waals surface area contributed by atoms with Gasteiger partial charge in [0.25, 0.3) is 0 Å². The Kier molecular flexibility index (Phi) is 5.82. The average molecular weight is 361 g/mol. The van der Waals surface area contributed by atoms with Gasteiger partial charge in [-0.05, 0) is 72.9 Å². The van der Waals surface area contributed by atoms with Crippen LogP contribution in [0.4, 0.5) is 5.69 Å². The van der Waals surface area contributed by atoms with Gasteiger partial charge >= 0.3 is 0 Å².